The average Bonchev–Trinajstić information content (AvgIpc) is 3.47. The number of rotatable bonds is 10. The summed E-state index contributed by atoms with van der Waals surface area (Å²) < 4.78 is 0. The van der Waals surface area contributed by atoms with Crippen LogP contribution >= 0.6 is 0 Å². The van der Waals surface area contributed by atoms with Crippen LogP contribution in [0, 0.1) is 0 Å². The lowest BCUT2D eigenvalue weighted by molar-refractivity contribution is -0.141. The lowest BCUT2D eigenvalue weighted by Crippen LogP contribution is -2.51. The minimum Gasteiger partial charge on any atom is -0.352 e. The minimum atomic E-state index is -0.567. The van der Waals surface area contributed by atoms with Gasteiger partial charge >= 0.3 is 0 Å². The van der Waals surface area contributed by atoms with Crippen molar-refractivity contribution in [2.75, 3.05) is 6.54 Å². The molecule has 184 valence electrons. The van der Waals surface area contributed by atoms with Crippen LogP contribution in [-0.4, -0.2) is 52.1 Å². The maximum Gasteiger partial charge on any atom is 0.261 e. The van der Waals surface area contributed by atoms with E-state index in [4.69, 9.17) is 0 Å². The molecule has 0 spiro atoms. The molecule has 7 heteroatoms. The van der Waals surface area contributed by atoms with Gasteiger partial charge in [-0.15, -0.1) is 0 Å². The normalized spacial score (nSPS) is 16.3. The van der Waals surface area contributed by atoms with Gasteiger partial charge in [-0.1, -0.05) is 62.2 Å². The Balaban J connectivity index is 1.42. The molecule has 4 amide bonds. The topological polar surface area (TPSA) is 86.8 Å². The van der Waals surface area contributed by atoms with Gasteiger partial charge in [-0.25, -0.2) is 0 Å². The fraction of sp³-hybridized carbons (Fsp3) is 0.429. The number of hydrogen-bond donors (Lipinski definition) is 1. The number of fused-ring (bicyclic) bond motifs is 1. The molecule has 2 aromatic rings. The van der Waals surface area contributed by atoms with E-state index < -0.39 is 6.04 Å². The van der Waals surface area contributed by atoms with Crippen molar-refractivity contribution in [2.24, 2.45) is 0 Å². The van der Waals surface area contributed by atoms with Gasteiger partial charge in [0.15, 0.2) is 0 Å². The van der Waals surface area contributed by atoms with Crippen molar-refractivity contribution in [3.05, 3.63) is 71.3 Å². The third kappa shape index (κ3) is 5.61. The Hall–Kier alpha value is -3.48. The highest BCUT2D eigenvalue weighted by atomic mass is 16.2. The Morgan fingerprint density at radius 3 is 2.17 bits per heavy atom. The number of imide groups is 1. The Morgan fingerprint density at radius 2 is 1.57 bits per heavy atom. The van der Waals surface area contributed by atoms with E-state index in [9.17, 15) is 19.2 Å². The highest BCUT2D eigenvalue weighted by Crippen LogP contribution is 2.23. The highest BCUT2D eigenvalue weighted by Gasteiger charge is 2.35. The van der Waals surface area contributed by atoms with Crippen LogP contribution in [0.1, 0.15) is 78.1 Å². The van der Waals surface area contributed by atoms with Crippen LogP contribution in [0.5, 0.6) is 0 Å². The fourth-order valence-electron chi connectivity index (χ4n) is 5.04. The molecule has 1 aliphatic carbocycles. The summed E-state index contributed by atoms with van der Waals surface area (Å²) in [6.07, 6.45) is 5.20. The molecule has 2 aromatic carbocycles. The average molecular weight is 476 g/mol. The molecule has 1 fully saturated rings. The van der Waals surface area contributed by atoms with Gasteiger partial charge in [0, 0.05) is 25.6 Å². The number of amides is 4. The molecule has 35 heavy (non-hydrogen) atoms. The van der Waals surface area contributed by atoms with E-state index in [1.165, 1.54) is 4.90 Å². The Bertz CT molecular complexity index is 1040. The number of nitrogens with zero attached hydrogens (tertiary/aromatic N) is 2. The predicted molar refractivity (Wildman–Crippen MR) is 133 cm³/mol. The minimum absolute atomic E-state index is 0.107. The summed E-state index contributed by atoms with van der Waals surface area (Å²) in [5.41, 5.74) is 1.77. The number of nitrogens with one attached hydrogen (secondary N) is 1. The van der Waals surface area contributed by atoms with Crippen molar-refractivity contribution in [2.45, 2.75) is 70.5 Å². The Labute approximate surface area is 206 Å². The second kappa shape index (κ2) is 11.3. The van der Waals surface area contributed by atoms with Crippen LogP contribution in [-0.2, 0) is 16.1 Å². The number of hydrogen-bond acceptors (Lipinski definition) is 4. The molecule has 0 aromatic heterocycles. The van der Waals surface area contributed by atoms with Gasteiger partial charge in [-0.3, -0.25) is 24.1 Å². The maximum atomic E-state index is 13.4. The summed E-state index contributed by atoms with van der Waals surface area (Å²) in [5, 5.41) is 3.14. The van der Waals surface area contributed by atoms with E-state index in [2.05, 4.69) is 5.32 Å². The van der Waals surface area contributed by atoms with Gasteiger partial charge < -0.3 is 10.2 Å². The second-order valence-corrected chi connectivity index (χ2v) is 9.33. The molecule has 1 saturated carbocycles. The van der Waals surface area contributed by atoms with E-state index in [0.29, 0.717) is 30.5 Å². The first-order valence-corrected chi connectivity index (χ1v) is 12.6. The highest BCUT2D eigenvalue weighted by molar-refractivity contribution is 6.21. The predicted octanol–water partition coefficient (Wildman–Crippen LogP) is 3.93. The summed E-state index contributed by atoms with van der Waals surface area (Å²) >= 11 is 0. The molecule has 0 bridgehead atoms. The maximum absolute atomic E-state index is 13.4. The standard InChI is InChI=1S/C28H33N3O4/c1-2-24(26(33)29-21-13-6-7-14-21)31(19-20-11-4-3-5-12-20)25(32)17-10-18-30-27(34)22-15-8-9-16-23(22)28(30)35/h3-5,8-9,11-12,15-16,21,24H,2,6-7,10,13-14,17-19H2,1H3,(H,29,33). The molecule has 2 aliphatic rings. The van der Waals surface area contributed by atoms with Crippen molar-refractivity contribution in [1.29, 1.82) is 0 Å². The lowest BCUT2D eigenvalue weighted by atomic mass is 10.1. The largest absolute Gasteiger partial charge is 0.352 e. The van der Waals surface area contributed by atoms with Crippen molar-refractivity contribution in [1.82, 2.24) is 15.1 Å². The van der Waals surface area contributed by atoms with E-state index in [-0.39, 0.29) is 42.6 Å². The molecule has 1 unspecified atom stereocenters. The zero-order chi connectivity index (χ0) is 24.8. The molecule has 1 N–H and O–H groups in total. The first kappa shape index (κ1) is 24.6. The number of carbonyl (C=O) groups excluding carboxylic acids is 4. The zero-order valence-electron chi connectivity index (χ0n) is 20.2. The van der Waals surface area contributed by atoms with Gasteiger partial charge in [-0.05, 0) is 43.4 Å². The van der Waals surface area contributed by atoms with Gasteiger partial charge in [0.05, 0.1) is 11.1 Å². The molecular formula is C28H33N3O4. The summed E-state index contributed by atoms with van der Waals surface area (Å²) in [7, 11) is 0. The second-order valence-electron chi connectivity index (χ2n) is 9.33. The SMILES string of the molecule is CCC(C(=O)NC1CCCC1)N(Cc1ccccc1)C(=O)CCCN1C(=O)c2ccccc2C1=O. The van der Waals surface area contributed by atoms with E-state index in [1.807, 2.05) is 37.3 Å². The Kier molecular flexibility index (Phi) is 7.95. The third-order valence-corrected chi connectivity index (χ3v) is 6.93. The summed E-state index contributed by atoms with van der Waals surface area (Å²) in [5.74, 6) is -0.897. The quantitative estimate of drug-likeness (QED) is 0.528. The first-order valence-electron chi connectivity index (χ1n) is 12.6. The van der Waals surface area contributed by atoms with Gasteiger partial charge in [0.2, 0.25) is 11.8 Å². The number of carbonyl (C=O) groups is 4. The van der Waals surface area contributed by atoms with Gasteiger partial charge in [-0.2, -0.15) is 0 Å². The van der Waals surface area contributed by atoms with Crippen molar-refractivity contribution in [3.63, 3.8) is 0 Å². The van der Waals surface area contributed by atoms with Crippen LogP contribution in [0.3, 0.4) is 0 Å². The third-order valence-electron chi connectivity index (χ3n) is 6.93. The van der Waals surface area contributed by atoms with E-state index in [0.717, 1.165) is 31.2 Å². The molecule has 0 radical (unpaired) electrons. The van der Waals surface area contributed by atoms with E-state index in [1.54, 1.807) is 29.2 Å². The summed E-state index contributed by atoms with van der Waals surface area (Å²) in [6, 6.07) is 16.0. The smallest absolute Gasteiger partial charge is 0.261 e. The van der Waals surface area contributed by atoms with Crippen LogP contribution in [0.2, 0.25) is 0 Å². The van der Waals surface area contributed by atoms with Gasteiger partial charge in [0.25, 0.3) is 11.8 Å². The van der Waals surface area contributed by atoms with Crippen molar-refractivity contribution >= 4 is 23.6 Å². The molecule has 1 aliphatic heterocycles. The molecule has 1 heterocycles. The van der Waals surface area contributed by atoms with Crippen LogP contribution in [0.15, 0.2) is 54.6 Å². The van der Waals surface area contributed by atoms with Crippen LogP contribution < -0.4 is 5.32 Å². The monoisotopic (exact) mass is 475 g/mol. The van der Waals surface area contributed by atoms with Crippen LogP contribution in [0.25, 0.3) is 0 Å². The molecule has 0 saturated heterocycles. The molecule has 4 rings (SSSR count). The summed E-state index contributed by atoms with van der Waals surface area (Å²) in [6.45, 7) is 2.43. The Morgan fingerprint density at radius 1 is 0.971 bits per heavy atom. The van der Waals surface area contributed by atoms with Crippen LogP contribution in [0.4, 0.5) is 0 Å². The fourth-order valence-corrected chi connectivity index (χ4v) is 5.04. The molecule has 1 atom stereocenters. The van der Waals surface area contributed by atoms with Crippen molar-refractivity contribution < 1.29 is 19.2 Å². The van der Waals surface area contributed by atoms with Crippen molar-refractivity contribution in [3.8, 4) is 0 Å². The number of benzene rings is 2. The van der Waals surface area contributed by atoms with E-state index >= 15 is 0 Å². The molecule has 7 nitrogen and oxygen atoms in total. The zero-order valence-corrected chi connectivity index (χ0v) is 20.2. The van der Waals surface area contributed by atoms with Gasteiger partial charge in [0.1, 0.15) is 6.04 Å². The first-order chi connectivity index (χ1) is 17.0. The molecular weight excluding hydrogens is 442 g/mol. The summed E-state index contributed by atoms with van der Waals surface area (Å²) in [4.78, 5) is 54.7. The lowest BCUT2D eigenvalue weighted by Gasteiger charge is -2.31.